The van der Waals surface area contributed by atoms with Crippen molar-refractivity contribution >= 4 is 21.4 Å². The number of benzene rings is 1. The third kappa shape index (κ3) is 3.33. The highest BCUT2D eigenvalue weighted by atomic mass is 32.2. The average molecular weight is 324 g/mol. The molecule has 0 amide bonds. The second-order valence-electron chi connectivity index (χ2n) is 5.35. The van der Waals surface area contributed by atoms with Crippen LogP contribution in [-0.4, -0.2) is 24.8 Å². The first-order valence-corrected chi connectivity index (χ1v) is 8.99. The monoisotopic (exact) mass is 324 g/mol. The van der Waals surface area contributed by atoms with Crippen LogP contribution in [0.25, 0.3) is 0 Å². The van der Waals surface area contributed by atoms with Gasteiger partial charge < -0.3 is 0 Å². The lowest BCUT2D eigenvalue weighted by atomic mass is 10.1. The van der Waals surface area contributed by atoms with Crippen LogP contribution in [0.1, 0.15) is 27.4 Å². The van der Waals surface area contributed by atoms with E-state index in [4.69, 9.17) is 0 Å². The third-order valence-corrected chi connectivity index (χ3v) is 6.26. The van der Waals surface area contributed by atoms with Crippen molar-refractivity contribution in [1.82, 2.24) is 9.29 Å². The minimum absolute atomic E-state index is 0.291. The van der Waals surface area contributed by atoms with E-state index in [-0.39, 0.29) is 0 Å². The molecule has 0 radical (unpaired) electrons. The summed E-state index contributed by atoms with van der Waals surface area (Å²) in [6.45, 7) is 7.86. The van der Waals surface area contributed by atoms with Gasteiger partial charge in [0.25, 0.3) is 0 Å². The normalized spacial score (nSPS) is 12.1. The highest BCUT2D eigenvalue weighted by Gasteiger charge is 2.25. The van der Waals surface area contributed by atoms with Crippen molar-refractivity contribution in [3.05, 3.63) is 44.9 Å². The second-order valence-corrected chi connectivity index (χ2v) is 8.39. The quantitative estimate of drug-likeness (QED) is 0.868. The van der Waals surface area contributed by atoms with Gasteiger partial charge in [-0.05, 0) is 38.8 Å². The molecule has 114 valence electrons. The molecule has 1 aromatic heterocycles. The first-order chi connectivity index (χ1) is 9.71. The Morgan fingerprint density at radius 1 is 1.14 bits per heavy atom. The van der Waals surface area contributed by atoms with Crippen LogP contribution in [-0.2, 0) is 16.6 Å². The molecule has 21 heavy (non-hydrogen) atoms. The van der Waals surface area contributed by atoms with Crippen molar-refractivity contribution in [2.24, 2.45) is 0 Å². The number of aromatic nitrogens is 1. The maximum absolute atomic E-state index is 12.8. The molecule has 0 aliphatic rings. The third-order valence-electron chi connectivity index (χ3n) is 3.32. The Kier molecular flexibility index (Phi) is 4.51. The Hall–Kier alpha value is -1.24. The van der Waals surface area contributed by atoms with Gasteiger partial charge in [0.1, 0.15) is 0 Å². The Morgan fingerprint density at radius 2 is 1.71 bits per heavy atom. The molecule has 2 rings (SSSR count). The summed E-state index contributed by atoms with van der Waals surface area (Å²) in [6, 6.07) is 3.81. The second kappa shape index (κ2) is 5.87. The van der Waals surface area contributed by atoms with E-state index < -0.39 is 10.0 Å². The lowest BCUT2D eigenvalue weighted by Gasteiger charge is -2.19. The van der Waals surface area contributed by atoms with Crippen LogP contribution in [0.2, 0.25) is 0 Å². The van der Waals surface area contributed by atoms with Gasteiger partial charge >= 0.3 is 0 Å². The summed E-state index contributed by atoms with van der Waals surface area (Å²) in [5, 5.41) is 2.84. The van der Waals surface area contributed by atoms with Crippen molar-refractivity contribution in [3.63, 3.8) is 0 Å². The molecule has 1 aromatic carbocycles. The zero-order chi connectivity index (χ0) is 15.8. The molecule has 0 aliphatic carbocycles. The fraction of sp³-hybridized carbons (Fsp3) is 0.400. The number of sulfonamides is 1. The summed E-state index contributed by atoms with van der Waals surface area (Å²) < 4.78 is 27.0. The summed E-state index contributed by atoms with van der Waals surface area (Å²) in [4.78, 5) is 4.73. The largest absolute Gasteiger partial charge is 0.245 e. The molecule has 0 spiro atoms. The Bertz CT molecular complexity index is 741. The van der Waals surface area contributed by atoms with Crippen LogP contribution in [0.3, 0.4) is 0 Å². The van der Waals surface area contributed by atoms with E-state index in [1.807, 2.05) is 45.2 Å². The van der Waals surface area contributed by atoms with Crippen molar-refractivity contribution in [3.8, 4) is 0 Å². The lowest BCUT2D eigenvalue weighted by molar-refractivity contribution is 0.462. The molecular formula is C15H20N2O2S2. The van der Waals surface area contributed by atoms with Crippen LogP contribution in [0.4, 0.5) is 0 Å². The molecule has 2 aromatic rings. The first-order valence-electron chi connectivity index (χ1n) is 6.67. The molecule has 0 saturated carbocycles. The Morgan fingerprint density at radius 3 is 2.19 bits per heavy atom. The molecule has 0 aliphatic heterocycles. The van der Waals surface area contributed by atoms with Crippen LogP contribution in [0.5, 0.6) is 0 Å². The maximum atomic E-state index is 12.8. The fourth-order valence-electron chi connectivity index (χ4n) is 2.52. The summed E-state index contributed by atoms with van der Waals surface area (Å²) in [7, 11) is -1.91. The Balaban J connectivity index is 2.38. The van der Waals surface area contributed by atoms with Gasteiger partial charge in [-0.3, -0.25) is 0 Å². The number of thiazole rings is 1. The average Bonchev–Trinajstić information content (AvgIpc) is 2.72. The van der Waals surface area contributed by atoms with E-state index in [0.717, 1.165) is 27.4 Å². The van der Waals surface area contributed by atoms with Crippen molar-refractivity contribution < 1.29 is 8.42 Å². The predicted octanol–water partition coefficient (Wildman–Crippen LogP) is 3.20. The predicted molar refractivity (Wildman–Crippen MR) is 86.2 cm³/mol. The maximum Gasteiger partial charge on any atom is 0.243 e. The number of hydrogen-bond donors (Lipinski definition) is 0. The minimum atomic E-state index is -3.51. The summed E-state index contributed by atoms with van der Waals surface area (Å²) in [6.07, 6.45) is 0. The molecule has 0 fully saturated rings. The van der Waals surface area contributed by atoms with Crippen molar-refractivity contribution in [2.45, 2.75) is 39.1 Å². The molecule has 1 heterocycles. The van der Waals surface area contributed by atoms with Crippen LogP contribution in [0.15, 0.2) is 22.4 Å². The zero-order valence-electron chi connectivity index (χ0n) is 13.0. The van der Waals surface area contributed by atoms with Crippen LogP contribution in [0, 0.1) is 27.7 Å². The van der Waals surface area contributed by atoms with Gasteiger partial charge in [-0.25, -0.2) is 13.4 Å². The summed E-state index contributed by atoms with van der Waals surface area (Å²) >= 11 is 1.53. The van der Waals surface area contributed by atoms with Gasteiger partial charge in [0, 0.05) is 12.4 Å². The molecule has 4 nitrogen and oxygen atoms in total. The molecule has 0 saturated heterocycles. The number of nitrogens with zero attached hydrogens (tertiary/aromatic N) is 2. The van der Waals surface area contributed by atoms with Gasteiger partial charge in [0.2, 0.25) is 10.0 Å². The highest BCUT2D eigenvalue weighted by molar-refractivity contribution is 7.89. The highest BCUT2D eigenvalue weighted by Crippen LogP contribution is 2.25. The minimum Gasteiger partial charge on any atom is -0.245 e. The number of hydrogen-bond acceptors (Lipinski definition) is 4. The van der Waals surface area contributed by atoms with Crippen LogP contribution >= 0.6 is 11.3 Å². The van der Waals surface area contributed by atoms with Gasteiger partial charge in [0.15, 0.2) is 0 Å². The molecule has 0 atom stereocenters. The van der Waals surface area contributed by atoms with Crippen LogP contribution < -0.4 is 0 Å². The van der Waals surface area contributed by atoms with E-state index in [1.165, 1.54) is 15.6 Å². The SMILES string of the molecule is Cc1cc(C)c(S(=O)(=O)N(C)Cc2csc(C)n2)c(C)c1. The summed E-state index contributed by atoms with van der Waals surface area (Å²) in [5.74, 6) is 0. The molecule has 0 bridgehead atoms. The van der Waals surface area contributed by atoms with Gasteiger partial charge in [-0.15, -0.1) is 11.3 Å². The first kappa shape index (κ1) is 16.1. The standard InChI is InChI=1S/C15H20N2O2S2/c1-10-6-11(2)15(12(3)7-10)21(18,19)17(5)8-14-9-20-13(4)16-14/h6-7,9H,8H2,1-5H3. The topological polar surface area (TPSA) is 50.3 Å². The van der Waals surface area contributed by atoms with E-state index in [1.54, 1.807) is 7.05 Å². The van der Waals surface area contributed by atoms with Gasteiger partial charge in [0.05, 0.1) is 22.1 Å². The van der Waals surface area contributed by atoms with E-state index in [9.17, 15) is 8.42 Å². The molecule has 6 heteroatoms. The van der Waals surface area contributed by atoms with Gasteiger partial charge in [-0.2, -0.15) is 4.31 Å². The zero-order valence-corrected chi connectivity index (χ0v) is 14.6. The lowest BCUT2D eigenvalue weighted by Crippen LogP contribution is -2.28. The van der Waals surface area contributed by atoms with E-state index in [2.05, 4.69) is 4.98 Å². The summed E-state index contributed by atoms with van der Waals surface area (Å²) in [5.41, 5.74) is 3.43. The molecule has 0 unspecified atom stereocenters. The van der Waals surface area contributed by atoms with Gasteiger partial charge in [-0.1, -0.05) is 17.7 Å². The smallest absolute Gasteiger partial charge is 0.243 e. The van der Waals surface area contributed by atoms with E-state index >= 15 is 0 Å². The molecular weight excluding hydrogens is 304 g/mol. The van der Waals surface area contributed by atoms with Crippen molar-refractivity contribution in [2.75, 3.05) is 7.05 Å². The van der Waals surface area contributed by atoms with E-state index in [0.29, 0.717) is 11.4 Å². The fourth-order valence-corrected chi connectivity index (χ4v) is 4.67. The Labute approximate surface area is 130 Å². The number of aryl methyl sites for hydroxylation is 4. The van der Waals surface area contributed by atoms with Crippen molar-refractivity contribution in [1.29, 1.82) is 0 Å². The number of rotatable bonds is 4. The molecule has 0 N–H and O–H groups in total.